The number of aromatic nitrogens is 7. The van der Waals surface area contributed by atoms with Gasteiger partial charge in [-0.05, 0) is 59.9 Å². The smallest absolute Gasteiger partial charge is 0.293 e. The van der Waals surface area contributed by atoms with Gasteiger partial charge in [0.25, 0.3) is 17.9 Å². The number of aryl methyl sites for hydroxylation is 1. The Bertz CT molecular complexity index is 3080. The van der Waals surface area contributed by atoms with Gasteiger partial charge in [0.1, 0.15) is 41.7 Å². The number of rotatable bonds is 11. The van der Waals surface area contributed by atoms with Crippen molar-refractivity contribution in [3.63, 3.8) is 0 Å². The van der Waals surface area contributed by atoms with Crippen LogP contribution in [0.4, 0.5) is 32.2 Å². The first-order chi connectivity index (χ1) is 28.4. The number of benzene rings is 3. The molecule has 14 nitrogen and oxygen atoms in total. The van der Waals surface area contributed by atoms with Gasteiger partial charge >= 0.3 is 0 Å². The molecule has 310 valence electrons. The van der Waals surface area contributed by atoms with E-state index in [1.165, 1.54) is 48.5 Å². The molecule has 2 N–H and O–H groups in total. The van der Waals surface area contributed by atoms with Gasteiger partial charge in [0.15, 0.2) is 5.82 Å². The number of sulfonamides is 1. The van der Waals surface area contributed by atoms with Gasteiger partial charge in [-0.25, -0.2) is 31.0 Å². The lowest BCUT2D eigenvalue weighted by molar-refractivity contribution is -0.123. The van der Waals surface area contributed by atoms with Gasteiger partial charge in [0.05, 0.1) is 51.0 Å². The molecule has 2 aliphatic rings. The van der Waals surface area contributed by atoms with Crippen molar-refractivity contribution in [1.82, 2.24) is 39.6 Å². The van der Waals surface area contributed by atoms with Crippen molar-refractivity contribution in [2.45, 2.75) is 43.7 Å². The highest BCUT2D eigenvalue weighted by atomic mass is 35.5. The predicted octanol–water partition coefficient (Wildman–Crippen LogP) is 6.67. The minimum absolute atomic E-state index is 0.00565. The van der Waals surface area contributed by atoms with E-state index >= 15 is 8.78 Å². The molecule has 60 heavy (non-hydrogen) atoms. The molecule has 0 radical (unpaired) electrons. The molecule has 0 bridgehead atoms. The van der Waals surface area contributed by atoms with Crippen molar-refractivity contribution in [1.29, 1.82) is 0 Å². The number of anilines is 1. The number of carbonyl (C=O) groups excluding carboxylic acids is 1. The second-order valence-corrected chi connectivity index (χ2v) is 16.8. The fourth-order valence-corrected chi connectivity index (χ4v) is 8.84. The number of nitrogens with zero attached hydrogens (tertiary/aromatic N) is 7. The van der Waals surface area contributed by atoms with E-state index in [1.54, 1.807) is 6.07 Å². The van der Waals surface area contributed by atoms with Gasteiger partial charge in [-0.15, -0.1) is 0 Å². The molecule has 0 spiro atoms. The van der Waals surface area contributed by atoms with Crippen LogP contribution in [0.1, 0.15) is 53.1 Å². The maximum Gasteiger partial charge on any atom is 0.293 e. The SMILES string of the molecule is Cn1nc(NS(C)(=O)=O)c2c(Cl)ccc(-n3c([C@H](Cc4cc(F)cc(F)c4)NC(=O)Cn4nc(C(F)F)c5c4C(F)(F)[C@@H]4C[C@H]54)nc4cc(-c5cnoc5)ccc4c3=O)c21. The largest absolute Gasteiger partial charge is 0.364 e. The maximum atomic E-state index is 15.5. The molecule has 4 heterocycles. The van der Waals surface area contributed by atoms with Crippen molar-refractivity contribution < 1.29 is 44.1 Å². The zero-order valence-corrected chi connectivity index (χ0v) is 32.5. The van der Waals surface area contributed by atoms with Crippen LogP contribution in [0, 0.1) is 17.6 Å². The van der Waals surface area contributed by atoms with Gasteiger partial charge in [0, 0.05) is 36.6 Å². The summed E-state index contributed by atoms with van der Waals surface area (Å²) < 4.78 is 123. The van der Waals surface area contributed by atoms with Crippen molar-refractivity contribution in [3.8, 4) is 16.8 Å². The van der Waals surface area contributed by atoms with E-state index in [4.69, 9.17) is 21.1 Å². The molecule has 1 fully saturated rings. The van der Waals surface area contributed by atoms with Crippen LogP contribution in [-0.2, 0) is 40.8 Å². The van der Waals surface area contributed by atoms with Gasteiger partial charge in [-0.3, -0.25) is 28.2 Å². The lowest BCUT2D eigenvalue weighted by Crippen LogP contribution is -2.38. The molecule has 2 aliphatic carbocycles. The van der Waals surface area contributed by atoms with E-state index in [-0.39, 0.29) is 61.7 Å². The Labute approximate surface area is 338 Å². The standard InChI is InChI=1S/C38H28ClF6N9O5S/c1-52-32-27(6-5-24(39)30(32)35(50-52)51-60(2,57)58)54-36(48-25-10-17(18-13-46-59-15-18)3-4-21(25)37(54)56)26(9-16-7-19(40)11-20(41)8-16)47-28(55)14-53-33-29(31(49-53)34(42)43)22-12-23(22)38(33,44)45/h3-8,10-11,13,15,22-23,26,34H,9,12,14H2,1-2H3,(H,47,55)(H,50,51)/t22-,23+,26-/m0/s1. The highest BCUT2D eigenvalue weighted by Gasteiger charge is 2.67. The van der Waals surface area contributed by atoms with Gasteiger partial charge in [0.2, 0.25) is 15.9 Å². The van der Waals surface area contributed by atoms with Crippen molar-refractivity contribution >= 4 is 55.2 Å². The third kappa shape index (κ3) is 6.64. The Hall–Kier alpha value is -6.22. The van der Waals surface area contributed by atoms with Gasteiger partial charge in [-0.1, -0.05) is 22.8 Å². The number of hydrogen-bond acceptors (Lipinski definition) is 9. The van der Waals surface area contributed by atoms with Crippen LogP contribution in [0.2, 0.25) is 5.02 Å². The Morgan fingerprint density at radius 1 is 1.07 bits per heavy atom. The molecule has 0 unspecified atom stereocenters. The number of alkyl halides is 4. The lowest BCUT2D eigenvalue weighted by Gasteiger charge is -2.24. The third-order valence-corrected chi connectivity index (χ3v) is 11.4. The van der Waals surface area contributed by atoms with E-state index in [2.05, 4.69) is 25.4 Å². The molecule has 0 aliphatic heterocycles. The first kappa shape index (κ1) is 39.3. The second-order valence-electron chi connectivity index (χ2n) is 14.7. The predicted molar refractivity (Wildman–Crippen MR) is 203 cm³/mol. The first-order valence-corrected chi connectivity index (χ1v) is 20.3. The van der Waals surface area contributed by atoms with Crippen molar-refractivity contribution in [2.75, 3.05) is 11.0 Å². The zero-order valence-electron chi connectivity index (χ0n) is 30.9. The summed E-state index contributed by atoms with van der Waals surface area (Å²) in [6.07, 6.45) is -0.0194. The van der Waals surface area contributed by atoms with Crippen molar-refractivity contribution in [2.24, 2.45) is 13.0 Å². The molecule has 1 amide bonds. The summed E-state index contributed by atoms with van der Waals surface area (Å²) in [5.74, 6) is -9.05. The van der Waals surface area contributed by atoms with Gasteiger partial charge < -0.3 is 9.84 Å². The summed E-state index contributed by atoms with van der Waals surface area (Å²) in [6.45, 7) is -0.985. The summed E-state index contributed by atoms with van der Waals surface area (Å²) in [7, 11) is -2.46. The summed E-state index contributed by atoms with van der Waals surface area (Å²) >= 11 is 6.60. The fraction of sp³-hybridized carbons (Fsp3) is 0.263. The maximum absolute atomic E-state index is 15.5. The van der Waals surface area contributed by atoms with Crippen LogP contribution >= 0.6 is 11.6 Å². The topological polar surface area (TPSA) is 172 Å². The summed E-state index contributed by atoms with van der Waals surface area (Å²) in [5, 5.41) is 14.5. The fourth-order valence-electron chi connectivity index (χ4n) is 8.11. The zero-order chi connectivity index (χ0) is 42.6. The number of hydrogen-bond donors (Lipinski definition) is 2. The molecule has 0 saturated heterocycles. The number of carbonyl (C=O) groups is 1. The highest BCUT2D eigenvalue weighted by molar-refractivity contribution is 7.92. The normalized spacial score (nSPS) is 17.3. The Kier molecular flexibility index (Phi) is 9.12. The minimum Gasteiger partial charge on any atom is -0.364 e. The third-order valence-electron chi connectivity index (χ3n) is 10.6. The first-order valence-electron chi connectivity index (χ1n) is 18.0. The number of halogens is 7. The molecule has 4 aromatic heterocycles. The average molecular weight is 872 g/mol. The number of nitrogens with one attached hydrogen (secondary N) is 2. The van der Waals surface area contributed by atoms with Crippen LogP contribution in [0.3, 0.4) is 0 Å². The quantitative estimate of drug-likeness (QED) is 0.135. The highest BCUT2D eigenvalue weighted by Crippen LogP contribution is 2.68. The van der Waals surface area contributed by atoms with E-state index < -0.39 is 87.7 Å². The van der Waals surface area contributed by atoms with E-state index in [0.29, 0.717) is 21.9 Å². The molecule has 22 heteroatoms. The van der Waals surface area contributed by atoms with E-state index in [9.17, 15) is 35.6 Å². The van der Waals surface area contributed by atoms with Crippen LogP contribution in [-0.4, -0.2) is 54.8 Å². The Morgan fingerprint density at radius 3 is 2.50 bits per heavy atom. The monoisotopic (exact) mass is 871 g/mol. The molecule has 3 aromatic carbocycles. The van der Waals surface area contributed by atoms with E-state index in [0.717, 1.165) is 23.0 Å². The van der Waals surface area contributed by atoms with E-state index in [1.807, 2.05) is 0 Å². The molecule has 7 aromatic rings. The minimum atomic E-state index is -3.91. The Morgan fingerprint density at radius 2 is 1.82 bits per heavy atom. The molecular formula is C38H28ClF6N9O5S. The Balaban J connectivity index is 1.25. The van der Waals surface area contributed by atoms with Crippen LogP contribution in [0.25, 0.3) is 38.6 Å². The van der Waals surface area contributed by atoms with Crippen molar-refractivity contribution in [3.05, 3.63) is 116 Å². The van der Waals surface area contributed by atoms with Gasteiger partial charge in [-0.2, -0.15) is 19.0 Å². The average Bonchev–Trinajstić information content (AvgIpc) is 3.40. The molecule has 1 saturated carbocycles. The second kappa shape index (κ2) is 13.9. The summed E-state index contributed by atoms with van der Waals surface area (Å²) in [4.78, 5) is 33.8. The van der Waals surface area contributed by atoms with Crippen LogP contribution in [0.15, 0.2) is 70.3 Å². The summed E-state index contributed by atoms with van der Waals surface area (Å²) in [6, 6.07) is 8.42. The molecular weight excluding hydrogens is 844 g/mol. The number of fused-ring (bicyclic) bond motifs is 5. The molecule has 3 atom stereocenters. The van der Waals surface area contributed by atoms with Crippen LogP contribution < -0.4 is 15.6 Å². The lowest BCUT2D eigenvalue weighted by atomic mass is 10.0. The molecule has 9 rings (SSSR count). The van der Waals surface area contributed by atoms with Crippen LogP contribution in [0.5, 0.6) is 0 Å². The summed E-state index contributed by atoms with van der Waals surface area (Å²) in [5.41, 5.74) is -1.52. The number of amides is 1.